The minimum Gasteiger partial charge on any atom is -0.385 e. The van der Waals surface area contributed by atoms with E-state index in [0.29, 0.717) is 0 Å². The Morgan fingerprint density at radius 3 is 2.20 bits per heavy atom. The molecule has 1 N–H and O–H groups in total. The number of halogens is 3. The normalized spacial score (nSPS) is 11.5. The Morgan fingerprint density at radius 1 is 1.13 bits per heavy atom. The smallest absolute Gasteiger partial charge is 0.385 e. The van der Waals surface area contributed by atoms with E-state index in [4.69, 9.17) is 0 Å². The first-order valence-corrected chi connectivity index (χ1v) is 4.91. The van der Waals surface area contributed by atoms with Gasteiger partial charge in [-0.2, -0.15) is 13.2 Å². The van der Waals surface area contributed by atoms with Crippen molar-refractivity contribution in [1.82, 2.24) is 0 Å². The number of hydrogen-bond acceptors (Lipinski definition) is 1. The molecule has 0 fully saturated rings. The molecule has 0 aliphatic carbocycles. The molecular weight excluding hydrogens is 203 g/mol. The summed E-state index contributed by atoms with van der Waals surface area (Å²) in [6.45, 7) is 1.96. The SMILES string of the molecule is CCc1ccc(NCCC(F)(F)F)cc1. The van der Waals surface area contributed by atoms with E-state index in [1.165, 1.54) is 5.56 Å². The molecule has 1 rings (SSSR count). The maximum absolute atomic E-state index is 11.8. The van der Waals surface area contributed by atoms with E-state index in [9.17, 15) is 13.2 Å². The molecule has 1 aromatic rings. The van der Waals surface area contributed by atoms with Crippen LogP contribution in [0.5, 0.6) is 0 Å². The van der Waals surface area contributed by atoms with Gasteiger partial charge in [-0.1, -0.05) is 19.1 Å². The van der Waals surface area contributed by atoms with Crippen molar-refractivity contribution in [2.75, 3.05) is 11.9 Å². The third kappa shape index (κ3) is 4.72. The molecule has 0 saturated heterocycles. The number of anilines is 1. The van der Waals surface area contributed by atoms with Crippen LogP contribution in [0.25, 0.3) is 0 Å². The lowest BCUT2D eigenvalue weighted by atomic mass is 10.1. The van der Waals surface area contributed by atoms with Crippen molar-refractivity contribution in [2.45, 2.75) is 25.9 Å². The van der Waals surface area contributed by atoms with E-state index in [2.05, 4.69) is 5.32 Å². The molecule has 15 heavy (non-hydrogen) atoms. The van der Waals surface area contributed by atoms with Crippen LogP contribution in [0.3, 0.4) is 0 Å². The van der Waals surface area contributed by atoms with Crippen LogP contribution in [0.4, 0.5) is 18.9 Å². The highest BCUT2D eigenvalue weighted by atomic mass is 19.4. The van der Waals surface area contributed by atoms with Gasteiger partial charge in [0.25, 0.3) is 0 Å². The average molecular weight is 217 g/mol. The van der Waals surface area contributed by atoms with Gasteiger partial charge in [-0.25, -0.2) is 0 Å². The topological polar surface area (TPSA) is 12.0 Å². The number of alkyl halides is 3. The third-order valence-electron chi connectivity index (χ3n) is 2.10. The van der Waals surface area contributed by atoms with Crippen LogP contribution in [0.15, 0.2) is 24.3 Å². The molecule has 0 aliphatic heterocycles. The van der Waals surface area contributed by atoms with Crippen molar-refractivity contribution in [1.29, 1.82) is 0 Å². The van der Waals surface area contributed by atoms with E-state index in [1.807, 2.05) is 19.1 Å². The van der Waals surface area contributed by atoms with Gasteiger partial charge in [-0.3, -0.25) is 0 Å². The molecule has 0 aromatic heterocycles. The lowest BCUT2D eigenvalue weighted by molar-refractivity contribution is -0.131. The van der Waals surface area contributed by atoms with Crippen LogP contribution in [0.1, 0.15) is 18.9 Å². The Balaban J connectivity index is 2.38. The van der Waals surface area contributed by atoms with Gasteiger partial charge in [0.1, 0.15) is 0 Å². The number of nitrogens with one attached hydrogen (secondary N) is 1. The average Bonchev–Trinajstić information content (AvgIpc) is 2.17. The predicted octanol–water partition coefficient (Wildman–Crippen LogP) is 3.61. The van der Waals surface area contributed by atoms with Crippen molar-refractivity contribution in [2.24, 2.45) is 0 Å². The van der Waals surface area contributed by atoms with Gasteiger partial charge in [-0.15, -0.1) is 0 Å². The molecule has 0 amide bonds. The largest absolute Gasteiger partial charge is 0.390 e. The minimum absolute atomic E-state index is 0.0744. The molecule has 0 unspecified atom stereocenters. The minimum atomic E-state index is -4.09. The maximum Gasteiger partial charge on any atom is 0.390 e. The monoisotopic (exact) mass is 217 g/mol. The summed E-state index contributed by atoms with van der Waals surface area (Å²) in [4.78, 5) is 0. The number of benzene rings is 1. The van der Waals surface area contributed by atoms with Gasteiger partial charge in [-0.05, 0) is 24.1 Å². The fraction of sp³-hybridized carbons (Fsp3) is 0.455. The van der Waals surface area contributed by atoms with E-state index >= 15 is 0 Å². The first-order valence-electron chi connectivity index (χ1n) is 4.91. The molecule has 1 aromatic carbocycles. The Kier molecular flexibility index (Phi) is 4.00. The molecule has 0 spiro atoms. The Bertz CT molecular complexity index is 290. The Hall–Kier alpha value is -1.19. The molecule has 0 aliphatic rings. The number of rotatable bonds is 4. The number of aryl methyl sites for hydroxylation is 1. The summed E-state index contributed by atoms with van der Waals surface area (Å²) in [6.07, 6.45) is -3.96. The van der Waals surface area contributed by atoms with Gasteiger partial charge in [0.05, 0.1) is 6.42 Å². The van der Waals surface area contributed by atoms with Crippen LogP contribution >= 0.6 is 0 Å². The van der Waals surface area contributed by atoms with Gasteiger partial charge >= 0.3 is 6.18 Å². The summed E-state index contributed by atoms with van der Waals surface area (Å²) in [5.74, 6) is 0. The molecule has 0 bridgehead atoms. The van der Waals surface area contributed by atoms with Gasteiger partial charge in [0.2, 0.25) is 0 Å². The van der Waals surface area contributed by atoms with Crippen molar-refractivity contribution in [3.63, 3.8) is 0 Å². The zero-order chi connectivity index (χ0) is 11.3. The highest BCUT2D eigenvalue weighted by Gasteiger charge is 2.25. The molecule has 84 valence electrons. The summed E-state index contributed by atoms with van der Waals surface area (Å²) in [7, 11) is 0. The van der Waals surface area contributed by atoms with E-state index in [-0.39, 0.29) is 6.54 Å². The lowest BCUT2D eigenvalue weighted by Crippen LogP contribution is -2.14. The first kappa shape index (κ1) is 11.9. The van der Waals surface area contributed by atoms with Crippen LogP contribution < -0.4 is 5.32 Å². The van der Waals surface area contributed by atoms with Gasteiger partial charge < -0.3 is 5.32 Å². The highest BCUT2D eigenvalue weighted by Crippen LogP contribution is 2.19. The van der Waals surface area contributed by atoms with E-state index in [0.717, 1.165) is 12.1 Å². The van der Waals surface area contributed by atoms with E-state index < -0.39 is 12.6 Å². The molecule has 1 nitrogen and oxygen atoms in total. The predicted molar refractivity (Wildman–Crippen MR) is 55.0 cm³/mol. The zero-order valence-corrected chi connectivity index (χ0v) is 8.56. The fourth-order valence-electron chi connectivity index (χ4n) is 1.21. The summed E-state index contributed by atoms with van der Waals surface area (Å²) in [5, 5.41) is 2.73. The van der Waals surface area contributed by atoms with Crippen LogP contribution in [-0.2, 0) is 6.42 Å². The number of hydrogen-bond donors (Lipinski definition) is 1. The second-order valence-corrected chi connectivity index (χ2v) is 3.34. The van der Waals surface area contributed by atoms with Gasteiger partial charge in [0.15, 0.2) is 0 Å². The molecule has 0 atom stereocenters. The van der Waals surface area contributed by atoms with Crippen LogP contribution in [-0.4, -0.2) is 12.7 Å². The Labute approximate surface area is 87.3 Å². The van der Waals surface area contributed by atoms with Crippen molar-refractivity contribution in [3.05, 3.63) is 29.8 Å². The van der Waals surface area contributed by atoms with Crippen molar-refractivity contribution in [3.8, 4) is 0 Å². The van der Waals surface area contributed by atoms with Crippen molar-refractivity contribution < 1.29 is 13.2 Å². The quantitative estimate of drug-likeness (QED) is 0.812. The summed E-state index contributed by atoms with van der Waals surface area (Å²) in [6, 6.07) is 7.43. The second-order valence-electron chi connectivity index (χ2n) is 3.34. The zero-order valence-electron chi connectivity index (χ0n) is 8.56. The third-order valence-corrected chi connectivity index (χ3v) is 2.10. The van der Waals surface area contributed by atoms with Crippen LogP contribution in [0, 0.1) is 0 Å². The second kappa shape index (κ2) is 5.05. The summed E-state index contributed by atoms with van der Waals surface area (Å²) in [5.41, 5.74) is 1.91. The molecule has 0 saturated carbocycles. The first-order chi connectivity index (χ1) is 7.01. The highest BCUT2D eigenvalue weighted by molar-refractivity contribution is 5.44. The fourth-order valence-corrected chi connectivity index (χ4v) is 1.21. The lowest BCUT2D eigenvalue weighted by Gasteiger charge is -2.09. The standard InChI is InChI=1S/C11H14F3N/c1-2-9-3-5-10(6-4-9)15-8-7-11(12,13)14/h3-6,15H,2,7-8H2,1H3. The maximum atomic E-state index is 11.8. The molecule has 0 radical (unpaired) electrons. The summed E-state index contributed by atoms with van der Waals surface area (Å²) >= 11 is 0. The van der Waals surface area contributed by atoms with Crippen LogP contribution in [0.2, 0.25) is 0 Å². The van der Waals surface area contributed by atoms with Crippen molar-refractivity contribution >= 4 is 5.69 Å². The summed E-state index contributed by atoms with van der Waals surface area (Å²) < 4.78 is 35.5. The van der Waals surface area contributed by atoms with E-state index in [1.54, 1.807) is 12.1 Å². The van der Waals surface area contributed by atoms with Gasteiger partial charge in [0, 0.05) is 12.2 Å². The molecular formula is C11H14F3N. The molecule has 0 heterocycles. The molecule has 4 heteroatoms. The Morgan fingerprint density at radius 2 is 1.73 bits per heavy atom.